The highest BCUT2D eigenvalue weighted by atomic mass is 32.2. The average molecular weight is 556 g/mol. The fourth-order valence-electron chi connectivity index (χ4n) is 4.73. The Morgan fingerprint density at radius 3 is 2.53 bits per heavy atom. The van der Waals surface area contributed by atoms with Crippen LogP contribution in [-0.2, 0) is 26.1 Å². The van der Waals surface area contributed by atoms with Crippen molar-refractivity contribution in [3.8, 4) is 5.75 Å². The van der Waals surface area contributed by atoms with Crippen LogP contribution in [0.1, 0.15) is 69.4 Å². The van der Waals surface area contributed by atoms with Crippen LogP contribution in [0.5, 0.6) is 5.75 Å². The lowest BCUT2D eigenvalue weighted by Crippen LogP contribution is -2.36. The first-order valence-electron chi connectivity index (χ1n) is 12.6. The first-order chi connectivity index (χ1) is 18.0. The first-order valence-corrected chi connectivity index (χ1v) is 14.8. The number of benzene rings is 2. The van der Waals surface area contributed by atoms with Gasteiger partial charge >= 0.3 is 5.97 Å². The summed E-state index contributed by atoms with van der Waals surface area (Å²) in [5.41, 5.74) is 3.53. The zero-order valence-corrected chi connectivity index (χ0v) is 23.9. The minimum Gasteiger partial charge on any atom is -0.488 e. The second kappa shape index (κ2) is 11.4. The van der Waals surface area contributed by atoms with Gasteiger partial charge in [0.05, 0.1) is 25.0 Å². The summed E-state index contributed by atoms with van der Waals surface area (Å²) >= 11 is 1.39. The van der Waals surface area contributed by atoms with E-state index >= 15 is 0 Å². The highest BCUT2D eigenvalue weighted by molar-refractivity contribution is 7.89. The Kier molecular flexibility index (Phi) is 8.40. The molecule has 7 nitrogen and oxygen atoms in total. The SMILES string of the molecule is CC[C@@H]1CN(Cc2cc(C(CC(=O)OC)c3cc(C)c(C(C)=O)s3)ccc2C)S(=O)(=O)c2ccccc2O1. The van der Waals surface area contributed by atoms with Gasteiger partial charge in [0.15, 0.2) is 5.78 Å². The van der Waals surface area contributed by atoms with E-state index in [1.165, 1.54) is 29.7 Å². The molecule has 1 aliphatic rings. The second-order valence-corrected chi connectivity index (χ2v) is 12.6. The van der Waals surface area contributed by atoms with Gasteiger partial charge in [-0.15, -0.1) is 11.3 Å². The van der Waals surface area contributed by atoms with E-state index in [0.29, 0.717) is 17.0 Å². The van der Waals surface area contributed by atoms with Gasteiger partial charge in [-0.3, -0.25) is 9.59 Å². The number of methoxy groups -OCH3 is 1. The number of hydrogen-bond acceptors (Lipinski definition) is 7. The number of ether oxygens (including phenoxy) is 2. The molecule has 0 amide bonds. The Balaban J connectivity index is 1.75. The van der Waals surface area contributed by atoms with Crippen molar-refractivity contribution in [2.45, 2.75) is 64.0 Å². The smallest absolute Gasteiger partial charge is 0.306 e. The van der Waals surface area contributed by atoms with Gasteiger partial charge in [-0.2, -0.15) is 4.31 Å². The number of para-hydroxylation sites is 1. The highest BCUT2D eigenvalue weighted by Gasteiger charge is 2.34. The summed E-state index contributed by atoms with van der Waals surface area (Å²) < 4.78 is 39.9. The van der Waals surface area contributed by atoms with Crippen molar-refractivity contribution in [3.63, 3.8) is 0 Å². The Morgan fingerprint density at radius 1 is 1.13 bits per heavy atom. The van der Waals surface area contributed by atoms with Gasteiger partial charge in [0.2, 0.25) is 10.0 Å². The molecule has 0 radical (unpaired) electrons. The van der Waals surface area contributed by atoms with E-state index in [1.807, 2.05) is 45.0 Å². The number of thiophene rings is 1. The van der Waals surface area contributed by atoms with Crippen LogP contribution in [0, 0.1) is 13.8 Å². The third-order valence-electron chi connectivity index (χ3n) is 6.94. The van der Waals surface area contributed by atoms with Crippen LogP contribution in [0.25, 0.3) is 0 Å². The molecule has 38 heavy (non-hydrogen) atoms. The molecule has 202 valence electrons. The van der Waals surface area contributed by atoms with Crippen molar-refractivity contribution in [1.29, 1.82) is 0 Å². The Morgan fingerprint density at radius 2 is 1.87 bits per heavy atom. The summed E-state index contributed by atoms with van der Waals surface area (Å²) in [6.45, 7) is 7.75. The van der Waals surface area contributed by atoms with Gasteiger partial charge in [0, 0.05) is 17.3 Å². The minimum atomic E-state index is -3.80. The third-order valence-corrected chi connectivity index (χ3v) is 10.2. The summed E-state index contributed by atoms with van der Waals surface area (Å²) in [5, 5.41) is 0. The number of rotatable bonds is 8. The highest BCUT2D eigenvalue weighted by Crippen LogP contribution is 2.37. The van der Waals surface area contributed by atoms with Crippen LogP contribution in [0.2, 0.25) is 0 Å². The van der Waals surface area contributed by atoms with Crippen LogP contribution in [0.15, 0.2) is 53.4 Å². The van der Waals surface area contributed by atoms with Crippen LogP contribution in [0.4, 0.5) is 0 Å². The monoisotopic (exact) mass is 555 g/mol. The lowest BCUT2D eigenvalue weighted by atomic mass is 9.91. The number of carbonyl (C=O) groups excluding carboxylic acids is 2. The third kappa shape index (κ3) is 5.70. The molecule has 9 heteroatoms. The molecule has 0 N–H and O–H groups in total. The molecule has 2 atom stereocenters. The second-order valence-electron chi connectivity index (χ2n) is 9.63. The zero-order chi connectivity index (χ0) is 27.6. The molecule has 0 fully saturated rings. The molecule has 0 aliphatic carbocycles. The quantitative estimate of drug-likeness (QED) is 0.265. The zero-order valence-electron chi connectivity index (χ0n) is 22.3. The van der Waals surface area contributed by atoms with Crippen molar-refractivity contribution in [1.82, 2.24) is 4.31 Å². The van der Waals surface area contributed by atoms with E-state index < -0.39 is 10.0 Å². The number of sulfonamides is 1. The molecule has 0 spiro atoms. The molecule has 0 bridgehead atoms. The van der Waals surface area contributed by atoms with Gasteiger partial charge in [0.25, 0.3) is 0 Å². The van der Waals surface area contributed by atoms with Gasteiger partial charge in [-0.05, 0) is 67.6 Å². The van der Waals surface area contributed by atoms with Crippen LogP contribution >= 0.6 is 11.3 Å². The molecule has 0 saturated carbocycles. The van der Waals surface area contributed by atoms with Crippen molar-refractivity contribution < 1.29 is 27.5 Å². The van der Waals surface area contributed by atoms with Crippen molar-refractivity contribution in [2.75, 3.05) is 13.7 Å². The number of ketones is 1. The molecule has 1 aliphatic heterocycles. The summed E-state index contributed by atoms with van der Waals surface area (Å²) in [5.74, 6) is -0.326. The number of esters is 1. The first kappa shape index (κ1) is 28.0. The molecule has 0 saturated heterocycles. The Hall–Kier alpha value is -3.01. The number of nitrogens with zero attached hydrogens (tertiary/aromatic N) is 1. The lowest BCUT2D eigenvalue weighted by Gasteiger charge is -2.24. The molecule has 4 rings (SSSR count). The normalized spacial score (nSPS) is 17.7. The number of hydrogen-bond donors (Lipinski definition) is 0. The number of fused-ring (bicyclic) bond motifs is 1. The molecule has 2 heterocycles. The van der Waals surface area contributed by atoms with E-state index in [1.54, 1.807) is 24.3 Å². The van der Waals surface area contributed by atoms with Crippen molar-refractivity contribution in [3.05, 3.63) is 80.5 Å². The van der Waals surface area contributed by atoms with E-state index in [4.69, 9.17) is 9.47 Å². The van der Waals surface area contributed by atoms with Crippen molar-refractivity contribution >= 4 is 33.1 Å². The standard InChI is InChI=1S/C29H33NO6S2/c1-6-23-17-30(38(33,34)27-10-8-7-9-25(27)36-23)16-22-14-21(12-11-18(22)2)24(15-28(32)35-5)26-13-19(3)29(37-26)20(4)31/h7-14,23-24H,6,15-17H2,1-5H3/t23-,24?/m1/s1. The number of Topliss-reactive ketones (excluding diaryl/α,β-unsaturated/α-hetero) is 1. The Bertz CT molecular complexity index is 1460. The van der Waals surface area contributed by atoms with Crippen LogP contribution in [0.3, 0.4) is 0 Å². The molecular weight excluding hydrogens is 522 g/mol. The average Bonchev–Trinajstić information content (AvgIpc) is 3.24. The fourth-order valence-corrected chi connectivity index (χ4v) is 7.50. The molecule has 3 aromatic rings. The van der Waals surface area contributed by atoms with Crippen LogP contribution in [-0.4, -0.2) is 44.2 Å². The largest absolute Gasteiger partial charge is 0.488 e. The molecule has 1 unspecified atom stereocenters. The minimum absolute atomic E-state index is 0.0143. The summed E-state index contributed by atoms with van der Waals surface area (Å²) in [4.78, 5) is 26.2. The van der Waals surface area contributed by atoms with Crippen molar-refractivity contribution in [2.24, 2.45) is 0 Å². The lowest BCUT2D eigenvalue weighted by molar-refractivity contribution is -0.140. The van der Waals surface area contributed by atoms with Gasteiger partial charge in [0.1, 0.15) is 16.7 Å². The number of aryl methyl sites for hydroxylation is 2. The van der Waals surface area contributed by atoms with Crippen LogP contribution < -0.4 is 4.74 Å². The predicted octanol–water partition coefficient (Wildman–Crippen LogP) is 5.62. The maximum absolute atomic E-state index is 13.7. The summed E-state index contributed by atoms with van der Waals surface area (Å²) in [7, 11) is -2.44. The fraction of sp³-hybridized carbons (Fsp3) is 0.379. The summed E-state index contributed by atoms with van der Waals surface area (Å²) in [6, 6.07) is 14.6. The van der Waals surface area contributed by atoms with E-state index in [0.717, 1.165) is 27.1 Å². The maximum atomic E-state index is 13.7. The molecule has 1 aromatic heterocycles. The van der Waals surface area contributed by atoms with E-state index in [2.05, 4.69) is 0 Å². The summed E-state index contributed by atoms with van der Waals surface area (Å²) in [6.07, 6.45) is 0.497. The predicted molar refractivity (Wildman–Crippen MR) is 147 cm³/mol. The van der Waals surface area contributed by atoms with Gasteiger partial charge in [-0.1, -0.05) is 37.3 Å². The van der Waals surface area contributed by atoms with E-state index in [-0.39, 0.29) is 48.2 Å². The molecular formula is C29H33NO6S2. The van der Waals surface area contributed by atoms with Gasteiger partial charge in [-0.25, -0.2) is 8.42 Å². The Labute approximate surface area is 228 Å². The topological polar surface area (TPSA) is 90.0 Å². The van der Waals surface area contributed by atoms with E-state index in [9.17, 15) is 18.0 Å². The maximum Gasteiger partial charge on any atom is 0.306 e. The van der Waals surface area contributed by atoms with Gasteiger partial charge < -0.3 is 9.47 Å². The number of carbonyl (C=O) groups is 2. The molecule has 2 aromatic carbocycles.